The summed E-state index contributed by atoms with van der Waals surface area (Å²) in [4.78, 5) is 21.7. The second-order valence-electron chi connectivity index (χ2n) is 5.42. The molecule has 0 saturated carbocycles. The molecular weight excluding hydrogens is 307 g/mol. The predicted octanol–water partition coefficient (Wildman–Crippen LogP) is 3.80. The van der Waals surface area contributed by atoms with Crippen molar-refractivity contribution < 1.29 is 9.18 Å². The number of hydrogen-bond acceptors (Lipinski definition) is 3. The maximum Gasteiger partial charge on any atom is 0.272 e. The number of benzene rings is 1. The number of rotatable bonds is 5. The summed E-state index contributed by atoms with van der Waals surface area (Å²) >= 11 is 0. The number of aromatic nitrogens is 2. The van der Waals surface area contributed by atoms with Crippen molar-refractivity contribution in [2.45, 2.75) is 13.8 Å². The Morgan fingerprint density at radius 2 is 2.04 bits per heavy atom. The maximum atomic E-state index is 13.7. The Labute approximate surface area is 139 Å². The molecule has 124 valence electrons. The van der Waals surface area contributed by atoms with Crippen LogP contribution < -0.4 is 10.2 Å². The van der Waals surface area contributed by atoms with Crippen LogP contribution in [0.2, 0.25) is 0 Å². The van der Waals surface area contributed by atoms with E-state index in [9.17, 15) is 9.18 Å². The average Bonchev–Trinajstić information content (AvgIpc) is 3.03. The highest BCUT2D eigenvalue weighted by Gasteiger charge is 2.12. The molecule has 5 nitrogen and oxygen atoms in total. The van der Waals surface area contributed by atoms with E-state index >= 15 is 0 Å². The van der Waals surface area contributed by atoms with Gasteiger partial charge in [-0.3, -0.25) is 4.79 Å². The number of H-pyrrole nitrogens is 1. The van der Waals surface area contributed by atoms with Crippen LogP contribution in [0.5, 0.6) is 0 Å². The van der Waals surface area contributed by atoms with E-state index < -0.39 is 0 Å². The van der Waals surface area contributed by atoms with Crippen molar-refractivity contribution in [1.29, 1.82) is 0 Å². The van der Waals surface area contributed by atoms with Gasteiger partial charge in [-0.05, 0) is 44.2 Å². The molecule has 2 N–H and O–H groups in total. The van der Waals surface area contributed by atoms with Gasteiger partial charge >= 0.3 is 0 Å². The van der Waals surface area contributed by atoms with E-state index in [1.165, 1.54) is 12.1 Å². The Morgan fingerprint density at radius 3 is 2.67 bits per heavy atom. The van der Waals surface area contributed by atoms with Crippen molar-refractivity contribution in [3.63, 3.8) is 0 Å². The Morgan fingerprint density at radius 1 is 1.25 bits per heavy atom. The van der Waals surface area contributed by atoms with Gasteiger partial charge in [0.05, 0.1) is 11.9 Å². The molecule has 24 heavy (non-hydrogen) atoms. The van der Waals surface area contributed by atoms with Crippen molar-refractivity contribution >= 4 is 28.3 Å². The summed E-state index contributed by atoms with van der Waals surface area (Å²) in [6, 6.07) is 9.89. The smallest absolute Gasteiger partial charge is 0.272 e. The molecule has 0 fully saturated rings. The largest absolute Gasteiger partial charge is 0.357 e. The number of pyridine rings is 1. The summed E-state index contributed by atoms with van der Waals surface area (Å²) in [7, 11) is 0. The van der Waals surface area contributed by atoms with Gasteiger partial charge in [0.2, 0.25) is 0 Å². The summed E-state index contributed by atoms with van der Waals surface area (Å²) in [6.07, 6.45) is 1.62. The van der Waals surface area contributed by atoms with Crippen LogP contribution >= 0.6 is 0 Å². The summed E-state index contributed by atoms with van der Waals surface area (Å²) in [5.41, 5.74) is 1.49. The monoisotopic (exact) mass is 326 g/mol. The number of amides is 1. The van der Waals surface area contributed by atoms with Crippen LogP contribution in [0.4, 0.5) is 15.9 Å². The highest BCUT2D eigenvalue weighted by molar-refractivity contribution is 6.05. The SMILES string of the molecule is CCN(CC)c1ccc(NC(=O)c2cc3c(F)cccc3[nH]2)cn1. The molecule has 0 unspecified atom stereocenters. The summed E-state index contributed by atoms with van der Waals surface area (Å²) in [5, 5.41) is 3.17. The zero-order valence-corrected chi connectivity index (χ0v) is 13.6. The van der Waals surface area contributed by atoms with Gasteiger partial charge in [-0.25, -0.2) is 9.37 Å². The first-order valence-electron chi connectivity index (χ1n) is 7.92. The van der Waals surface area contributed by atoms with Gasteiger partial charge in [0, 0.05) is 24.0 Å². The van der Waals surface area contributed by atoms with Gasteiger partial charge in [-0.1, -0.05) is 6.07 Å². The van der Waals surface area contributed by atoms with E-state index in [0.717, 1.165) is 18.9 Å². The van der Waals surface area contributed by atoms with Gasteiger partial charge in [0.15, 0.2) is 0 Å². The second-order valence-corrected chi connectivity index (χ2v) is 5.42. The van der Waals surface area contributed by atoms with Crippen LogP contribution in [0.15, 0.2) is 42.6 Å². The van der Waals surface area contributed by atoms with E-state index in [1.807, 2.05) is 12.1 Å². The lowest BCUT2D eigenvalue weighted by molar-refractivity contribution is 0.102. The minimum absolute atomic E-state index is 0.308. The normalized spacial score (nSPS) is 10.8. The number of anilines is 2. The number of halogens is 1. The first-order chi connectivity index (χ1) is 11.6. The van der Waals surface area contributed by atoms with Crippen molar-refractivity contribution in [2.24, 2.45) is 0 Å². The van der Waals surface area contributed by atoms with Crippen molar-refractivity contribution in [2.75, 3.05) is 23.3 Å². The number of hydrogen-bond donors (Lipinski definition) is 2. The van der Waals surface area contributed by atoms with Crippen LogP contribution in [0.3, 0.4) is 0 Å². The molecular formula is C18H19FN4O. The quantitative estimate of drug-likeness (QED) is 0.750. The molecule has 1 amide bonds. The van der Waals surface area contributed by atoms with Crippen LogP contribution in [0.25, 0.3) is 10.9 Å². The van der Waals surface area contributed by atoms with Crippen molar-refractivity contribution in [3.05, 3.63) is 54.1 Å². The highest BCUT2D eigenvalue weighted by Crippen LogP contribution is 2.20. The molecule has 3 aromatic rings. The molecule has 0 aliphatic rings. The number of carbonyl (C=O) groups is 1. The highest BCUT2D eigenvalue weighted by atomic mass is 19.1. The summed E-state index contributed by atoms with van der Waals surface area (Å²) in [5.74, 6) is 0.182. The fourth-order valence-electron chi connectivity index (χ4n) is 2.63. The first-order valence-corrected chi connectivity index (χ1v) is 7.92. The van der Waals surface area contributed by atoms with Crippen LogP contribution in [-0.4, -0.2) is 29.0 Å². The number of aromatic amines is 1. The third-order valence-electron chi connectivity index (χ3n) is 3.95. The van der Waals surface area contributed by atoms with E-state index in [0.29, 0.717) is 22.3 Å². The summed E-state index contributed by atoms with van der Waals surface area (Å²) in [6.45, 7) is 5.87. The fourth-order valence-corrected chi connectivity index (χ4v) is 2.63. The fraction of sp³-hybridized carbons (Fsp3) is 0.222. The number of nitrogens with one attached hydrogen (secondary N) is 2. The zero-order valence-electron chi connectivity index (χ0n) is 13.6. The third kappa shape index (κ3) is 3.08. The predicted molar refractivity (Wildman–Crippen MR) is 94.0 cm³/mol. The van der Waals surface area contributed by atoms with E-state index in [2.05, 4.69) is 34.0 Å². The van der Waals surface area contributed by atoms with Gasteiger partial charge in [0.25, 0.3) is 5.91 Å². The molecule has 1 aromatic carbocycles. The average molecular weight is 326 g/mol. The Bertz CT molecular complexity index is 853. The van der Waals surface area contributed by atoms with E-state index in [1.54, 1.807) is 18.3 Å². The minimum atomic E-state index is -0.354. The lowest BCUT2D eigenvalue weighted by Crippen LogP contribution is -2.22. The summed E-state index contributed by atoms with van der Waals surface area (Å²) < 4.78 is 13.7. The van der Waals surface area contributed by atoms with E-state index in [4.69, 9.17) is 0 Å². The molecule has 2 heterocycles. The van der Waals surface area contributed by atoms with Gasteiger partial charge < -0.3 is 15.2 Å². The van der Waals surface area contributed by atoms with Gasteiger partial charge in [0.1, 0.15) is 17.3 Å². The molecule has 0 aliphatic carbocycles. The number of fused-ring (bicyclic) bond motifs is 1. The molecule has 0 bridgehead atoms. The minimum Gasteiger partial charge on any atom is -0.357 e. The van der Waals surface area contributed by atoms with Crippen LogP contribution in [0, 0.1) is 5.82 Å². The lowest BCUT2D eigenvalue weighted by Gasteiger charge is -2.19. The second kappa shape index (κ2) is 6.70. The van der Waals surface area contributed by atoms with Crippen LogP contribution in [0.1, 0.15) is 24.3 Å². The maximum absolute atomic E-state index is 13.7. The Balaban J connectivity index is 1.77. The first kappa shape index (κ1) is 16.0. The third-order valence-corrected chi connectivity index (χ3v) is 3.95. The topological polar surface area (TPSA) is 61.0 Å². The van der Waals surface area contributed by atoms with Gasteiger partial charge in [-0.2, -0.15) is 0 Å². The van der Waals surface area contributed by atoms with Crippen LogP contribution in [-0.2, 0) is 0 Å². The molecule has 6 heteroatoms. The number of carbonyl (C=O) groups excluding carboxylic acids is 1. The molecule has 0 saturated heterocycles. The Hall–Kier alpha value is -2.89. The molecule has 0 aliphatic heterocycles. The molecule has 0 spiro atoms. The Kier molecular flexibility index (Phi) is 4.46. The lowest BCUT2D eigenvalue weighted by atomic mass is 10.2. The molecule has 2 aromatic heterocycles. The van der Waals surface area contributed by atoms with Crippen molar-refractivity contribution in [1.82, 2.24) is 9.97 Å². The molecule has 0 radical (unpaired) electrons. The number of nitrogens with zero attached hydrogens (tertiary/aromatic N) is 2. The van der Waals surface area contributed by atoms with E-state index in [-0.39, 0.29) is 11.7 Å². The van der Waals surface area contributed by atoms with Crippen molar-refractivity contribution in [3.8, 4) is 0 Å². The zero-order chi connectivity index (χ0) is 17.1. The molecule has 0 atom stereocenters. The standard InChI is InChI=1S/C18H19FN4O/c1-3-23(4-2)17-9-8-12(11-20-17)21-18(24)16-10-13-14(19)6-5-7-15(13)22-16/h5-11,22H,3-4H2,1-2H3,(H,21,24). The van der Waals surface area contributed by atoms with Gasteiger partial charge in [-0.15, -0.1) is 0 Å². The molecule has 3 rings (SSSR count).